The lowest BCUT2D eigenvalue weighted by Gasteiger charge is -2.22. The predicted octanol–water partition coefficient (Wildman–Crippen LogP) is 3.45. The highest BCUT2D eigenvalue weighted by Crippen LogP contribution is 2.36. The van der Waals surface area contributed by atoms with Gasteiger partial charge in [0.2, 0.25) is 0 Å². The fraction of sp³-hybridized carbons (Fsp3) is 0.550. The van der Waals surface area contributed by atoms with Gasteiger partial charge >= 0.3 is 12.0 Å². The number of methoxy groups -OCH3 is 1. The molecule has 0 unspecified atom stereocenters. The van der Waals surface area contributed by atoms with Crippen molar-refractivity contribution in [3.63, 3.8) is 0 Å². The fourth-order valence-corrected chi connectivity index (χ4v) is 3.29. The van der Waals surface area contributed by atoms with Crippen LogP contribution in [0.25, 0.3) is 0 Å². The minimum absolute atomic E-state index is 0.0714. The molecule has 3 amide bonds. The first-order valence-corrected chi connectivity index (χ1v) is 10.1. The van der Waals surface area contributed by atoms with Crippen molar-refractivity contribution >= 4 is 29.5 Å². The van der Waals surface area contributed by atoms with Crippen LogP contribution in [0.2, 0.25) is 5.02 Å². The molecule has 0 aliphatic heterocycles. The van der Waals surface area contributed by atoms with Crippen molar-refractivity contribution in [1.29, 1.82) is 0 Å². The van der Waals surface area contributed by atoms with Gasteiger partial charge < -0.3 is 19.5 Å². The number of carbonyl (C=O) groups is 3. The van der Waals surface area contributed by atoms with E-state index in [1.54, 1.807) is 0 Å². The van der Waals surface area contributed by atoms with Crippen molar-refractivity contribution in [1.82, 2.24) is 10.6 Å². The maximum absolute atomic E-state index is 12.2. The monoisotopic (exact) mass is 426 g/mol. The molecule has 0 heterocycles. The van der Waals surface area contributed by atoms with Gasteiger partial charge in [0.1, 0.15) is 0 Å². The highest BCUT2D eigenvalue weighted by Gasteiger charge is 2.20. The van der Waals surface area contributed by atoms with Crippen molar-refractivity contribution in [3.05, 3.63) is 22.7 Å². The minimum atomic E-state index is -0.768. The number of carbonyl (C=O) groups excluding carboxylic acids is 3. The Morgan fingerprint density at radius 2 is 1.90 bits per heavy atom. The van der Waals surface area contributed by atoms with Gasteiger partial charge in [-0.1, -0.05) is 37.8 Å². The molecule has 1 aromatic rings. The molecule has 0 spiro atoms. The van der Waals surface area contributed by atoms with Crippen molar-refractivity contribution in [2.24, 2.45) is 0 Å². The molecular formula is C20H27ClN2O6. The first-order valence-electron chi connectivity index (χ1n) is 9.72. The second-order valence-corrected chi connectivity index (χ2v) is 7.18. The summed E-state index contributed by atoms with van der Waals surface area (Å²) in [6, 6.07) is 2.29. The summed E-state index contributed by atoms with van der Waals surface area (Å²) in [6.45, 7) is 1.81. The highest BCUT2D eigenvalue weighted by molar-refractivity contribution is 6.32. The quantitative estimate of drug-likeness (QED) is 0.617. The van der Waals surface area contributed by atoms with Crippen LogP contribution in [0.5, 0.6) is 11.5 Å². The van der Waals surface area contributed by atoms with Crippen LogP contribution >= 0.6 is 11.6 Å². The van der Waals surface area contributed by atoms with Crippen LogP contribution in [0.1, 0.15) is 55.8 Å². The third-order valence-corrected chi connectivity index (χ3v) is 4.72. The van der Waals surface area contributed by atoms with Gasteiger partial charge in [0.25, 0.3) is 5.91 Å². The average molecular weight is 427 g/mol. The predicted molar refractivity (Wildman–Crippen MR) is 108 cm³/mol. The lowest BCUT2D eigenvalue weighted by molar-refractivity contribution is -0.123. The summed E-state index contributed by atoms with van der Waals surface area (Å²) in [5, 5.41) is 5.11. The van der Waals surface area contributed by atoms with Gasteiger partial charge in [-0.05, 0) is 31.4 Å². The number of hydrogen-bond acceptors (Lipinski definition) is 6. The van der Waals surface area contributed by atoms with E-state index in [0.29, 0.717) is 12.4 Å². The second-order valence-electron chi connectivity index (χ2n) is 6.77. The Bertz CT molecular complexity index is 734. The van der Waals surface area contributed by atoms with Gasteiger partial charge in [0.05, 0.1) is 24.3 Å². The number of urea groups is 1. The fourth-order valence-electron chi connectivity index (χ4n) is 3.03. The van der Waals surface area contributed by atoms with E-state index in [0.717, 1.165) is 38.5 Å². The van der Waals surface area contributed by atoms with E-state index in [4.69, 9.17) is 25.8 Å². The third-order valence-electron chi connectivity index (χ3n) is 4.44. The summed E-state index contributed by atoms with van der Waals surface area (Å²) < 4.78 is 15.7. The van der Waals surface area contributed by atoms with Gasteiger partial charge in [-0.2, -0.15) is 0 Å². The number of amides is 3. The van der Waals surface area contributed by atoms with Gasteiger partial charge in [0.15, 0.2) is 18.1 Å². The number of halogens is 1. The summed E-state index contributed by atoms with van der Waals surface area (Å²) >= 11 is 6.17. The van der Waals surface area contributed by atoms with E-state index in [-0.39, 0.29) is 22.4 Å². The molecule has 160 valence electrons. The summed E-state index contributed by atoms with van der Waals surface area (Å²) in [5.41, 5.74) is 0.107. The van der Waals surface area contributed by atoms with Gasteiger partial charge in [-0.25, -0.2) is 9.59 Å². The standard InChI is InChI=1S/C20H27ClN2O6/c1-3-9-28-18-15(21)10-13(11-16(18)27-2)19(25)29-12-17(24)23-20(26)22-14-7-5-4-6-8-14/h10-11,14H,3-9,12H2,1-2H3,(H2,22,23,24,26). The van der Waals surface area contributed by atoms with Crippen LogP contribution in [-0.2, 0) is 9.53 Å². The average Bonchev–Trinajstić information content (AvgIpc) is 2.71. The molecule has 1 saturated carbocycles. The molecule has 0 radical (unpaired) electrons. The molecule has 1 aromatic carbocycles. The molecule has 0 aromatic heterocycles. The number of ether oxygens (including phenoxy) is 3. The normalized spacial score (nSPS) is 14.0. The van der Waals surface area contributed by atoms with E-state index in [9.17, 15) is 14.4 Å². The van der Waals surface area contributed by atoms with E-state index in [1.807, 2.05) is 6.92 Å². The number of imide groups is 1. The van der Waals surface area contributed by atoms with Crippen LogP contribution in [0.4, 0.5) is 4.79 Å². The molecule has 1 fully saturated rings. The van der Waals surface area contributed by atoms with Crippen molar-refractivity contribution in [2.75, 3.05) is 20.3 Å². The molecule has 2 rings (SSSR count). The Labute approximate surface area is 175 Å². The largest absolute Gasteiger partial charge is 0.493 e. The smallest absolute Gasteiger partial charge is 0.338 e. The summed E-state index contributed by atoms with van der Waals surface area (Å²) in [5.74, 6) is -0.860. The molecule has 29 heavy (non-hydrogen) atoms. The zero-order valence-corrected chi connectivity index (χ0v) is 17.5. The topological polar surface area (TPSA) is 103 Å². The molecule has 0 atom stereocenters. The SMILES string of the molecule is CCCOc1c(Cl)cc(C(=O)OCC(=O)NC(=O)NC2CCCCC2)cc1OC. The number of benzene rings is 1. The lowest BCUT2D eigenvalue weighted by atomic mass is 9.96. The van der Waals surface area contributed by atoms with Crippen LogP contribution < -0.4 is 20.1 Å². The number of hydrogen-bond donors (Lipinski definition) is 2. The number of rotatable bonds is 8. The molecule has 1 aliphatic rings. The van der Waals surface area contributed by atoms with Crippen LogP contribution in [-0.4, -0.2) is 44.3 Å². The Morgan fingerprint density at radius 3 is 2.55 bits per heavy atom. The van der Waals surface area contributed by atoms with E-state index < -0.39 is 24.5 Å². The Hall–Kier alpha value is -2.48. The molecule has 0 bridgehead atoms. The lowest BCUT2D eigenvalue weighted by Crippen LogP contribution is -2.46. The zero-order chi connectivity index (χ0) is 21.2. The molecule has 8 nitrogen and oxygen atoms in total. The molecule has 9 heteroatoms. The summed E-state index contributed by atoms with van der Waals surface area (Å²) in [7, 11) is 1.43. The molecule has 0 saturated heterocycles. The Kier molecular flexibility index (Phi) is 9.05. The summed E-state index contributed by atoms with van der Waals surface area (Å²) in [6.07, 6.45) is 5.87. The molecule has 2 N–H and O–H groups in total. The van der Waals surface area contributed by atoms with E-state index >= 15 is 0 Å². The number of nitrogens with one attached hydrogen (secondary N) is 2. The maximum Gasteiger partial charge on any atom is 0.338 e. The van der Waals surface area contributed by atoms with E-state index in [2.05, 4.69) is 10.6 Å². The van der Waals surface area contributed by atoms with Crippen LogP contribution in [0.3, 0.4) is 0 Å². The second kappa shape index (κ2) is 11.5. The first-order chi connectivity index (χ1) is 13.9. The van der Waals surface area contributed by atoms with Crippen LogP contribution in [0.15, 0.2) is 12.1 Å². The Balaban J connectivity index is 1.86. The van der Waals surface area contributed by atoms with Crippen molar-refractivity contribution < 1.29 is 28.6 Å². The summed E-state index contributed by atoms with van der Waals surface area (Å²) in [4.78, 5) is 36.0. The van der Waals surface area contributed by atoms with Gasteiger partial charge in [-0.15, -0.1) is 0 Å². The van der Waals surface area contributed by atoms with Crippen molar-refractivity contribution in [2.45, 2.75) is 51.5 Å². The molecule has 1 aliphatic carbocycles. The first kappa shape index (κ1) is 22.8. The zero-order valence-electron chi connectivity index (χ0n) is 16.7. The maximum atomic E-state index is 12.2. The number of esters is 1. The van der Waals surface area contributed by atoms with E-state index in [1.165, 1.54) is 19.2 Å². The van der Waals surface area contributed by atoms with Gasteiger partial charge in [-0.3, -0.25) is 10.1 Å². The van der Waals surface area contributed by atoms with Crippen molar-refractivity contribution in [3.8, 4) is 11.5 Å². The minimum Gasteiger partial charge on any atom is -0.493 e. The van der Waals surface area contributed by atoms with Gasteiger partial charge in [0, 0.05) is 6.04 Å². The molecular weight excluding hydrogens is 400 g/mol. The van der Waals surface area contributed by atoms with Crippen LogP contribution in [0, 0.1) is 0 Å². The Morgan fingerprint density at radius 1 is 1.17 bits per heavy atom. The third kappa shape index (κ3) is 7.12. The highest BCUT2D eigenvalue weighted by atomic mass is 35.5.